The van der Waals surface area contributed by atoms with Gasteiger partial charge in [-0.05, 0) is 35.2 Å². The number of phenolic OH excluding ortho intramolecular Hbond substituents is 1. The molecule has 3 N–H and O–H groups in total. The molecule has 3 heterocycles. The largest absolute Gasteiger partial charge is 0.504 e. The summed E-state index contributed by atoms with van der Waals surface area (Å²) in [5.41, 5.74) is 4.10. The zero-order valence-electron chi connectivity index (χ0n) is 16.6. The van der Waals surface area contributed by atoms with Gasteiger partial charge in [0.2, 0.25) is 0 Å². The Bertz CT molecular complexity index is 1100. The van der Waals surface area contributed by atoms with Crippen LogP contribution in [0.25, 0.3) is 0 Å². The number of methoxy groups -OCH3 is 1. The zero-order valence-corrected chi connectivity index (χ0v) is 17.5. The fourth-order valence-corrected chi connectivity index (χ4v) is 5.50. The third kappa shape index (κ3) is 3.40. The van der Waals surface area contributed by atoms with Crippen molar-refractivity contribution in [2.45, 2.75) is 25.7 Å². The van der Waals surface area contributed by atoms with E-state index in [4.69, 9.17) is 4.74 Å². The van der Waals surface area contributed by atoms with Crippen LogP contribution in [0, 0.1) is 0 Å². The van der Waals surface area contributed by atoms with Crippen molar-refractivity contribution in [1.29, 1.82) is 0 Å². The van der Waals surface area contributed by atoms with E-state index in [0.717, 1.165) is 42.2 Å². The Morgan fingerprint density at radius 3 is 2.83 bits per heavy atom. The predicted molar refractivity (Wildman–Crippen MR) is 117 cm³/mol. The van der Waals surface area contributed by atoms with Crippen LogP contribution in [-0.4, -0.2) is 29.6 Å². The number of aromatic hydroxyl groups is 1. The molecule has 1 atom stereocenters. The molecular formula is C23H23N3O3S. The first-order chi connectivity index (χ1) is 14.6. The summed E-state index contributed by atoms with van der Waals surface area (Å²) in [6.07, 6.45) is 0.515. The van der Waals surface area contributed by atoms with Gasteiger partial charge in [-0.15, -0.1) is 11.3 Å². The molecule has 0 saturated carbocycles. The number of nitrogens with zero attached hydrogens (tertiary/aromatic N) is 1. The van der Waals surface area contributed by atoms with Crippen molar-refractivity contribution in [1.82, 2.24) is 10.2 Å². The number of nitrogens with one attached hydrogen (secondary N) is 2. The Morgan fingerprint density at radius 2 is 2.03 bits per heavy atom. The Morgan fingerprint density at radius 1 is 1.20 bits per heavy atom. The summed E-state index contributed by atoms with van der Waals surface area (Å²) in [6.45, 7) is 2.71. The first-order valence-electron chi connectivity index (χ1n) is 9.97. The first kappa shape index (κ1) is 19.0. The van der Waals surface area contributed by atoms with Gasteiger partial charge in [0.05, 0.1) is 12.7 Å². The van der Waals surface area contributed by atoms with Crippen LogP contribution in [0.4, 0.5) is 5.00 Å². The van der Waals surface area contributed by atoms with Gasteiger partial charge in [0, 0.05) is 24.5 Å². The Kier molecular flexibility index (Phi) is 4.84. The van der Waals surface area contributed by atoms with Crippen molar-refractivity contribution in [3.05, 3.63) is 75.7 Å². The van der Waals surface area contributed by atoms with Crippen molar-refractivity contribution in [3.63, 3.8) is 0 Å². The number of hydrogen-bond acceptors (Lipinski definition) is 6. The Labute approximate surface area is 179 Å². The SMILES string of the molecule is COc1cc([C@H]2NC(=O)c3c(sc4c3CCN(Cc3ccccc3)C4)N2)ccc1O. The van der Waals surface area contributed by atoms with Gasteiger partial charge in [0.25, 0.3) is 5.91 Å². The fraction of sp³-hybridized carbons (Fsp3) is 0.261. The number of anilines is 1. The second-order valence-corrected chi connectivity index (χ2v) is 8.74. The van der Waals surface area contributed by atoms with Gasteiger partial charge in [-0.2, -0.15) is 0 Å². The van der Waals surface area contributed by atoms with Crippen molar-refractivity contribution >= 4 is 22.2 Å². The van der Waals surface area contributed by atoms with Gasteiger partial charge in [0.1, 0.15) is 11.2 Å². The lowest BCUT2D eigenvalue weighted by molar-refractivity contribution is 0.0934. The molecule has 0 fully saturated rings. The van der Waals surface area contributed by atoms with Gasteiger partial charge in [-0.25, -0.2) is 0 Å². The van der Waals surface area contributed by atoms with Gasteiger partial charge in [-0.3, -0.25) is 9.69 Å². The summed E-state index contributed by atoms with van der Waals surface area (Å²) < 4.78 is 5.21. The van der Waals surface area contributed by atoms with Crippen LogP contribution in [0.1, 0.15) is 38.1 Å². The molecule has 5 rings (SSSR count). The summed E-state index contributed by atoms with van der Waals surface area (Å²) in [7, 11) is 1.51. The molecule has 0 bridgehead atoms. The number of thiophene rings is 1. The van der Waals surface area contributed by atoms with E-state index in [1.165, 1.54) is 23.1 Å². The number of amides is 1. The summed E-state index contributed by atoms with van der Waals surface area (Å²) >= 11 is 1.67. The van der Waals surface area contributed by atoms with Crippen LogP contribution in [0.15, 0.2) is 48.5 Å². The molecule has 6 nitrogen and oxygen atoms in total. The molecule has 30 heavy (non-hydrogen) atoms. The molecule has 2 aromatic carbocycles. The molecule has 2 aliphatic rings. The zero-order chi connectivity index (χ0) is 20.7. The first-order valence-corrected chi connectivity index (χ1v) is 10.8. The molecular weight excluding hydrogens is 398 g/mol. The average molecular weight is 422 g/mol. The highest BCUT2D eigenvalue weighted by molar-refractivity contribution is 7.16. The highest BCUT2D eigenvalue weighted by Gasteiger charge is 2.33. The molecule has 3 aromatic rings. The average Bonchev–Trinajstić information content (AvgIpc) is 3.13. The van der Waals surface area contributed by atoms with Crippen molar-refractivity contribution < 1.29 is 14.6 Å². The van der Waals surface area contributed by atoms with E-state index >= 15 is 0 Å². The molecule has 0 saturated heterocycles. The molecule has 7 heteroatoms. The molecule has 0 spiro atoms. The molecule has 154 valence electrons. The lowest BCUT2D eigenvalue weighted by Crippen LogP contribution is -2.38. The van der Waals surface area contributed by atoms with Crippen LogP contribution < -0.4 is 15.4 Å². The normalized spacial score (nSPS) is 18.2. The van der Waals surface area contributed by atoms with Gasteiger partial charge in [0.15, 0.2) is 11.5 Å². The minimum atomic E-state index is -0.361. The molecule has 1 aromatic heterocycles. The third-order valence-electron chi connectivity index (χ3n) is 5.70. The van der Waals surface area contributed by atoms with Gasteiger partial charge < -0.3 is 20.5 Å². The number of fused-ring (bicyclic) bond motifs is 3. The second kappa shape index (κ2) is 7.66. The summed E-state index contributed by atoms with van der Waals surface area (Å²) in [5.74, 6) is 0.417. The maximum atomic E-state index is 13.0. The number of rotatable bonds is 4. The van der Waals surface area contributed by atoms with Crippen LogP contribution in [-0.2, 0) is 19.5 Å². The fourth-order valence-electron chi connectivity index (χ4n) is 4.19. The number of hydrogen-bond donors (Lipinski definition) is 3. The Hall–Kier alpha value is -3.03. The van der Waals surface area contributed by atoms with E-state index < -0.39 is 0 Å². The quantitative estimate of drug-likeness (QED) is 0.596. The second-order valence-electron chi connectivity index (χ2n) is 7.64. The van der Waals surface area contributed by atoms with Crippen molar-refractivity contribution in [2.24, 2.45) is 0 Å². The monoisotopic (exact) mass is 421 g/mol. The molecule has 0 aliphatic carbocycles. The van der Waals surface area contributed by atoms with Crippen molar-refractivity contribution in [3.8, 4) is 11.5 Å². The topological polar surface area (TPSA) is 73.8 Å². The van der Waals surface area contributed by atoms with Crippen molar-refractivity contribution in [2.75, 3.05) is 19.0 Å². The minimum absolute atomic E-state index is 0.0465. The highest BCUT2D eigenvalue weighted by Crippen LogP contribution is 2.41. The number of carbonyl (C=O) groups excluding carboxylic acids is 1. The van der Waals surface area contributed by atoms with Crippen LogP contribution in [0.2, 0.25) is 0 Å². The van der Waals surface area contributed by atoms with E-state index in [-0.39, 0.29) is 17.8 Å². The number of phenols is 1. The van der Waals surface area contributed by atoms with E-state index in [1.54, 1.807) is 29.5 Å². The maximum absolute atomic E-state index is 13.0. The summed E-state index contributed by atoms with van der Waals surface area (Å²) in [5, 5.41) is 17.3. The highest BCUT2D eigenvalue weighted by atomic mass is 32.1. The number of carbonyl (C=O) groups is 1. The third-order valence-corrected chi connectivity index (χ3v) is 6.85. The molecule has 2 aliphatic heterocycles. The van der Waals surface area contributed by atoms with Crippen LogP contribution in [0.3, 0.4) is 0 Å². The van der Waals surface area contributed by atoms with E-state index in [9.17, 15) is 9.90 Å². The maximum Gasteiger partial charge on any atom is 0.256 e. The van der Waals surface area contributed by atoms with Gasteiger partial charge in [-0.1, -0.05) is 36.4 Å². The van der Waals surface area contributed by atoms with E-state index in [1.807, 2.05) is 6.07 Å². The minimum Gasteiger partial charge on any atom is -0.504 e. The van der Waals surface area contributed by atoms with Crippen LogP contribution >= 0.6 is 11.3 Å². The molecule has 0 radical (unpaired) electrons. The van der Waals surface area contributed by atoms with E-state index in [0.29, 0.717) is 5.75 Å². The lowest BCUT2D eigenvalue weighted by atomic mass is 10.00. The predicted octanol–water partition coefficient (Wildman–Crippen LogP) is 3.87. The number of benzene rings is 2. The number of ether oxygens (including phenoxy) is 1. The Balaban J connectivity index is 1.38. The summed E-state index contributed by atoms with van der Waals surface area (Å²) in [6, 6.07) is 15.6. The van der Waals surface area contributed by atoms with Gasteiger partial charge >= 0.3 is 0 Å². The summed E-state index contributed by atoms with van der Waals surface area (Å²) in [4.78, 5) is 16.6. The lowest BCUT2D eigenvalue weighted by Gasteiger charge is -2.28. The van der Waals surface area contributed by atoms with Crippen LogP contribution in [0.5, 0.6) is 11.5 Å². The van der Waals surface area contributed by atoms with E-state index in [2.05, 4.69) is 39.8 Å². The standard InChI is InChI=1S/C23H23N3O3S/c1-29-18-11-15(7-8-17(18)27)21-24-22(28)20-16-9-10-26(12-14-5-3-2-4-6-14)13-19(16)30-23(20)25-21/h2-8,11,21,25,27H,9-10,12-13H2,1H3,(H,24,28)/t21-/m0/s1. The molecule has 0 unspecified atom stereocenters. The smallest absolute Gasteiger partial charge is 0.256 e. The molecule has 1 amide bonds.